The van der Waals surface area contributed by atoms with Gasteiger partial charge in [-0.15, -0.1) is 0 Å². The second-order valence-corrected chi connectivity index (χ2v) is 4.78. The van der Waals surface area contributed by atoms with Crippen LogP contribution in [0.3, 0.4) is 0 Å². The zero-order valence-corrected chi connectivity index (χ0v) is 11.4. The fourth-order valence-corrected chi connectivity index (χ4v) is 1.82. The zero-order chi connectivity index (χ0) is 13.7. The van der Waals surface area contributed by atoms with E-state index in [4.69, 9.17) is 10.5 Å². The van der Waals surface area contributed by atoms with Crippen molar-refractivity contribution in [2.24, 2.45) is 11.7 Å². The standard InChI is InChI=1S/C12H23N3O3/c1-4-18-12(17)15-7-5-14(6-8-15)11(16)10(13)9(2)3/h9-10H,4-8,13H2,1-3H3/t10-/m0/s1. The number of carbonyl (C=O) groups excluding carboxylic acids is 2. The van der Waals surface area contributed by atoms with Crippen molar-refractivity contribution < 1.29 is 14.3 Å². The van der Waals surface area contributed by atoms with Crippen LogP contribution in [-0.4, -0.2) is 60.6 Å². The van der Waals surface area contributed by atoms with E-state index >= 15 is 0 Å². The highest BCUT2D eigenvalue weighted by Crippen LogP contribution is 2.08. The molecule has 104 valence electrons. The lowest BCUT2D eigenvalue weighted by atomic mass is 10.0. The Kier molecular flexibility index (Phi) is 5.40. The smallest absolute Gasteiger partial charge is 0.409 e. The number of rotatable bonds is 3. The van der Waals surface area contributed by atoms with E-state index in [0.717, 1.165) is 0 Å². The lowest BCUT2D eigenvalue weighted by Gasteiger charge is -2.35. The van der Waals surface area contributed by atoms with E-state index in [1.54, 1.807) is 16.7 Å². The van der Waals surface area contributed by atoms with Gasteiger partial charge in [0.1, 0.15) is 0 Å². The average molecular weight is 257 g/mol. The van der Waals surface area contributed by atoms with Crippen molar-refractivity contribution >= 4 is 12.0 Å². The molecule has 6 nitrogen and oxygen atoms in total. The molecule has 1 rings (SSSR count). The van der Waals surface area contributed by atoms with Crippen molar-refractivity contribution in [2.45, 2.75) is 26.8 Å². The van der Waals surface area contributed by atoms with Crippen LogP contribution in [0.15, 0.2) is 0 Å². The minimum atomic E-state index is -0.459. The van der Waals surface area contributed by atoms with E-state index < -0.39 is 6.04 Å². The Labute approximate surface area is 108 Å². The summed E-state index contributed by atoms with van der Waals surface area (Å²) >= 11 is 0. The van der Waals surface area contributed by atoms with Gasteiger partial charge >= 0.3 is 6.09 Å². The number of hydrogen-bond acceptors (Lipinski definition) is 4. The van der Waals surface area contributed by atoms with Gasteiger partial charge in [0.15, 0.2) is 0 Å². The maximum absolute atomic E-state index is 12.0. The SMILES string of the molecule is CCOC(=O)N1CCN(C(=O)[C@@H](N)C(C)C)CC1. The third-order valence-electron chi connectivity index (χ3n) is 3.12. The van der Waals surface area contributed by atoms with Crippen LogP contribution < -0.4 is 5.73 Å². The van der Waals surface area contributed by atoms with Gasteiger partial charge in [-0.05, 0) is 12.8 Å². The Morgan fingerprint density at radius 1 is 1.17 bits per heavy atom. The van der Waals surface area contributed by atoms with Gasteiger partial charge < -0.3 is 20.3 Å². The molecule has 6 heteroatoms. The number of hydrogen-bond donors (Lipinski definition) is 1. The van der Waals surface area contributed by atoms with Gasteiger partial charge in [-0.1, -0.05) is 13.8 Å². The van der Waals surface area contributed by atoms with Gasteiger partial charge in [0.05, 0.1) is 12.6 Å². The third kappa shape index (κ3) is 3.60. The van der Waals surface area contributed by atoms with E-state index in [-0.39, 0.29) is 17.9 Å². The molecule has 0 aromatic carbocycles. The quantitative estimate of drug-likeness (QED) is 0.787. The Hall–Kier alpha value is -1.30. The Morgan fingerprint density at radius 3 is 2.11 bits per heavy atom. The second kappa shape index (κ2) is 6.58. The predicted molar refractivity (Wildman–Crippen MR) is 68.0 cm³/mol. The first-order valence-corrected chi connectivity index (χ1v) is 6.43. The number of nitrogens with two attached hydrogens (primary N) is 1. The molecule has 18 heavy (non-hydrogen) atoms. The van der Waals surface area contributed by atoms with Crippen LogP contribution in [0.2, 0.25) is 0 Å². The number of nitrogens with zero attached hydrogens (tertiary/aromatic N) is 2. The summed E-state index contributed by atoms with van der Waals surface area (Å²) in [5.74, 6) is 0.0918. The van der Waals surface area contributed by atoms with Crippen molar-refractivity contribution in [3.8, 4) is 0 Å². The first-order valence-electron chi connectivity index (χ1n) is 6.43. The molecule has 0 saturated carbocycles. The molecule has 1 heterocycles. The van der Waals surface area contributed by atoms with E-state index in [1.807, 2.05) is 13.8 Å². The third-order valence-corrected chi connectivity index (χ3v) is 3.12. The lowest BCUT2D eigenvalue weighted by Crippen LogP contribution is -2.55. The fourth-order valence-electron chi connectivity index (χ4n) is 1.82. The molecule has 0 spiro atoms. The molecule has 1 aliphatic heterocycles. The summed E-state index contributed by atoms with van der Waals surface area (Å²) in [6, 6.07) is -0.459. The number of carbonyl (C=O) groups is 2. The molecule has 0 aromatic rings. The number of ether oxygens (including phenoxy) is 1. The number of amides is 2. The van der Waals surface area contributed by atoms with Crippen molar-refractivity contribution in [1.29, 1.82) is 0 Å². The summed E-state index contributed by atoms with van der Waals surface area (Å²) in [5.41, 5.74) is 5.84. The summed E-state index contributed by atoms with van der Waals surface area (Å²) < 4.78 is 4.92. The monoisotopic (exact) mass is 257 g/mol. The van der Waals surface area contributed by atoms with E-state index in [2.05, 4.69) is 0 Å². The molecular formula is C12H23N3O3. The maximum Gasteiger partial charge on any atom is 0.409 e. The molecule has 2 N–H and O–H groups in total. The number of piperazine rings is 1. The highest BCUT2D eigenvalue weighted by atomic mass is 16.6. The summed E-state index contributed by atoms with van der Waals surface area (Å²) in [5, 5.41) is 0. The molecular weight excluding hydrogens is 234 g/mol. The maximum atomic E-state index is 12.0. The summed E-state index contributed by atoms with van der Waals surface area (Å²) in [7, 11) is 0. The van der Waals surface area contributed by atoms with Gasteiger partial charge in [0.2, 0.25) is 5.91 Å². The van der Waals surface area contributed by atoms with Crippen molar-refractivity contribution in [2.75, 3.05) is 32.8 Å². The summed E-state index contributed by atoms with van der Waals surface area (Å²) in [6.07, 6.45) is -0.308. The van der Waals surface area contributed by atoms with Crippen LogP contribution in [-0.2, 0) is 9.53 Å². The Balaban J connectivity index is 2.44. The molecule has 1 atom stereocenters. The molecule has 0 unspecified atom stereocenters. The Morgan fingerprint density at radius 2 is 1.67 bits per heavy atom. The molecule has 1 aliphatic rings. The molecule has 1 saturated heterocycles. The van der Waals surface area contributed by atoms with Crippen LogP contribution >= 0.6 is 0 Å². The Bertz CT molecular complexity index is 299. The normalized spacial score (nSPS) is 17.8. The van der Waals surface area contributed by atoms with Gasteiger partial charge in [-0.3, -0.25) is 4.79 Å². The van der Waals surface area contributed by atoms with Crippen LogP contribution in [0.5, 0.6) is 0 Å². The first-order chi connectivity index (χ1) is 8.47. The van der Waals surface area contributed by atoms with E-state index in [9.17, 15) is 9.59 Å². The molecule has 0 bridgehead atoms. The summed E-state index contributed by atoms with van der Waals surface area (Å²) in [4.78, 5) is 26.8. The van der Waals surface area contributed by atoms with E-state index in [1.165, 1.54) is 0 Å². The molecule has 1 fully saturated rings. The fraction of sp³-hybridized carbons (Fsp3) is 0.833. The van der Waals surface area contributed by atoms with Crippen molar-refractivity contribution in [1.82, 2.24) is 9.80 Å². The van der Waals surface area contributed by atoms with Crippen molar-refractivity contribution in [3.05, 3.63) is 0 Å². The minimum absolute atomic E-state index is 0.0338. The minimum Gasteiger partial charge on any atom is -0.450 e. The highest BCUT2D eigenvalue weighted by molar-refractivity contribution is 5.82. The first kappa shape index (κ1) is 14.8. The zero-order valence-electron chi connectivity index (χ0n) is 11.4. The van der Waals surface area contributed by atoms with Gasteiger partial charge in [-0.25, -0.2) is 4.79 Å². The lowest BCUT2D eigenvalue weighted by molar-refractivity contribution is -0.135. The van der Waals surface area contributed by atoms with Gasteiger partial charge in [-0.2, -0.15) is 0 Å². The average Bonchev–Trinajstić information content (AvgIpc) is 2.37. The van der Waals surface area contributed by atoms with Crippen molar-refractivity contribution in [3.63, 3.8) is 0 Å². The largest absolute Gasteiger partial charge is 0.450 e. The van der Waals surface area contributed by atoms with Gasteiger partial charge in [0, 0.05) is 26.2 Å². The van der Waals surface area contributed by atoms with Crippen LogP contribution in [0.1, 0.15) is 20.8 Å². The van der Waals surface area contributed by atoms with Crippen LogP contribution in [0.25, 0.3) is 0 Å². The van der Waals surface area contributed by atoms with Crippen LogP contribution in [0.4, 0.5) is 4.79 Å². The van der Waals surface area contributed by atoms with E-state index in [0.29, 0.717) is 32.8 Å². The highest BCUT2D eigenvalue weighted by Gasteiger charge is 2.28. The predicted octanol–water partition coefficient (Wildman–Crippen LogP) is 0.270. The second-order valence-electron chi connectivity index (χ2n) is 4.78. The van der Waals surface area contributed by atoms with Crippen LogP contribution in [0, 0.1) is 5.92 Å². The molecule has 0 radical (unpaired) electrons. The molecule has 2 amide bonds. The molecule has 0 aromatic heterocycles. The van der Waals surface area contributed by atoms with Gasteiger partial charge in [0.25, 0.3) is 0 Å². The topological polar surface area (TPSA) is 75.9 Å². The summed E-state index contributed by atoms with van der Waals surface area (Å²) in [6.45, 7) is 8.07. The molecule has 0 aliphatic carbocycles.